The van der Waals surface area contributed by atoms with E-state index in [9.17, 15) is 9.59 Å². The number of anilines is 1. The lowest BCUT2D eigenvalue weighted by atomic mass is 9.79. The van der Waals surface area contributed by atoms with E-state index in [4.69, 9.17) is 27.9 Å². The molecule has 2 amide bonds. The predicted molar refractivity (Wildman–Crippen MR) is 145 cm³/mol. The molecule has 2 unspecified atom stereocenters. The molecule has 8 heteroatoms. The molecule has 0 saturated carbocycles. The number of rotatable bonds is 4. The zero-order valence-corrected chi connectivity index (χ0v) is 22.1. The first-order chi connectivity index (χ1) is 17.8. The van der Waals surface area contributed by atoms with Crippen LogP contribution in [0.25, 0.3) is 5.69 Å². The summed E-state index contributed by atoms with van der Waals surface area (Å²) in [6, 6.07) is 14.7. The van der Waals surface area contributed by atoms with Crippen LogP contribution in [-0.4, -0.2) is 28.9 Å². The fraction of sp³-hybridized carbons (Fsp3) is 0.241. The Bertz CT molecular complexity index is 1540. The van der Waals surface area contributed by atoms with E-state index in [1.54, 1.807) is 30.2 Å². The highest BCUT2D eigenvalue weighted by Gasteiger charge is 2.64. The van der Waals surface area contributed by atoms with E-state index in [0.717, 1.165) is 17.0 Å². The summed E-state index contributed by atoms with van der Waals surface area (Å²) in [6.07, 6.45) is 6.22. The Hall–Kier alpha value is -3.48. The van der Waals surface area contributed by atoms with Crippen LogP contribution in [0.4, 0.5) is 5.69 Å². The standard InChI is InChI=1S/C29H25Cl2N3O3/c1-16(2)26-25-20(15-33(26)23-9-4-5-10-24(23)37-3)27(35)34(19-8-6-7-17(30)13-19)29(25)21-12-11-18(31)14-22(21)32-28(29)36/h4-10,12-16,18H,11H2,1-3H3,(H,32,36). The van der Waals surface area contributed by atoms with Crippen LogP contribution in [0.1, 0.15) is 47.8 Å². The Morgan fingerprint density at radius 3 is 2.65 bits per heavy atom. The first-order valence-corrected chi connectivity index (χ1v) is 13.0. The summed E-state index contributed by atoms with van der Waals surface area (Å²) >= 11 is 12.8. The molecule has 6 rings (SSSR count). The number of halogens is 2. The van der Waals surface area contributed by atoms with Gasteiger partial charge in [-0.3, -0.25) is 14.5 Å². The van der Waals surface area contributed by atoms with Gasteiger partial charge in [-0.1, -0.05) is 49.7 Å². The minimum absolute atomic E-state index is 0.0246. The van der Waals surface area contributed by atoms with E-state index in [0.29, 0.717) is 39.7 Å². The Morgan fingerprint density at radius 2 is 1.92 bits per heavy atom. The Balaban J connectivity index is 1.71. The summed E-state index contributed by atoms with van der Waals surface area (Å²) < 4.78 is 7.65. The predicted octanol–water partition coefficient (Wildman–Crippen LogP) is 6.07. The molecule has 3 heterocycles. The van der Waals surface area contributed by atoms with Gasteiger partial charge in [-0.2, -0.15) is 0 Å². The summed E-state index contributed by atoms with van der Waals surface area (Å²) in [5, 5.41) is 3.28. The normalized spacial score (nSPS) is 22.2. The second-order valence-electron chi connectivity index (χ2n) is 9.73. The Kier molecular flexibility index (Phi) is 5.51. The first-order valence-electron chi connectivity index (χ1n) is 12.2. The fourth-order valence-corrected chi connectivity index (χ4v) is 6.31. The Morgan fingerprint density at radius 1 is 1.14 bits per heavy atom. The number of hydrogen-bond acceptors (Lipinski definition) is 3. The van der Waals surface area contributed by atoms with Crippen molar-refractivity contribution in [3.05, 3.63) is 100.0 Å². The largest absolute Gasteiger partial charge is 0.495 e. The number of ether oxygens (including phenoxy) is 1. The molecular weight excluding hydrogens is 509 g/mol. The van der Waals surface area contributed by atoms with Gasteiger partial charge in [0, 0.05) is 39.4 Å². The lowest BCUT2D eigenvalue weighted by molar-refractivity contribution is -0.122. The molecule has 2 atom stereocenters. The molecule has 3 aliphatic rings. The molecule has 1 saturated heterocycles. The minimum atomic E-state index is -1.40. The summed E-state index contributed by atoms with van der Waals surface area (Å²) in [7, 11) is 1.62. The van der Waals surface area contributed by atoms with Gasteiger partial charge in [-0.05, 0) is 48.7 Å². The molecule has 1 aliphatic carbocycles. The number of carbonyl (C=O) groups excluding carboxylic acids is 2. The van der Waals surface area contributed by atoms with Crippen molar-refractivity contribution < 1.29 is 14.3 Å². The number of allylic oxidation sites excluding steroid dienone is 2. The number of methoxy groups -OCH3 is 1. The monoisotopic (exact) mass is 533 g/mol. The number of hydrogen-bond donors (Lipinski definition) is 1. The molecule has 0 bridgehead atoms. The maximum atomic E-state index is 14.3. The van der Waals surface area contributed by atoms with Crippen molar-refractivity contribution in [1.82, 2.24) is 9.88 Å². The molecule has 1 N–H and O–H groups in total. The number of fused-ring (bicyclic) bond motifs is 4. The average molecular weight is 534 g/mol. The summed E-state index contributed by atoms with van der Waals surface area (Å²) in [5.74, 6) is 0.0914. The van der Waals surface area contributed by atoms with Gasteiger partial charge in [0.25, 0.3) is 11.8 Å². The first kappa shape index (κ1) is 23.9. The molecular formula is C29H25Cl2N3O3. The van der Waals surface area contributed by atoms with Gasteiger partial charge in [-0.25, -0.2) is 0 Å². The molecule has 0 radical (unpaired) electrons. The third kappa shape index (κ3) is 3.25. The van der Waals surface area contributed by atoms with Gasteiger partial charge >= 0.3 is 0 Å². The highest BCUT2D eigenvalue weighted by molar-refractivity contribution is 6.31. The van der Waals surface area contributed by atoms with E-state index >= 15 is 0 Å². The molecule has 1 aromatic heterocycles. The van der Waals surface area contributed by atoms with Crippen molar-refractivity contribution in [1.29, 1.82) is 0 Å². The number of benzene rings is 2. The number of para-hydroxylation sites is 2. The van der Waals surface area contributed by atoms with Crippen LogP contribution in [0.2, 0.25) is 5.02 Å². The molecule has 37 heavy (non-hydrogen) atoms. The van der Waals surface area contributed by atoms with Crippen molar-refractivity contribution in [3.8, 4) is 11.4 Å². The molecule has 1 spiro atoms. The second-order valence-corrected chi connectivity index (χ2v) is 10.7. The number of carbonyl (C=O) groups is 2. The number of nitrogens with zero attached hydrogens (tertiary/aromatic N) is 2. The van der Waals surface area contributed by atoms with Gasteiger partial charge < -0.3 is 14.6 Å². The third-order valence-electron chi connectivity index (χ3n) is 7.28. The van der Waals surface area contributed by atoms with Crippen molar-refractivity contribution in [2.24, 2.45) is 0 Å². The van der Waals surface area contributed by atoms with Crippen molar-refractivity contribution in [2.75, 3.05) is 12.0 Å². The average Bonchev–Trinajstić information content (AvgIpc) is 3.48. The number of amides is 2. The van der Waals surface area contributed by atoms with Crippen LogP contribution in [0.5, 0.6) is 5.75 Å². The highest BCUT2D eigenvalue weighted by Crippen LogP contribution is 2.56. The van der Waals surface area contributed by atoms with Gasteiger partial charge in [0.1, 0.15) is 5.75 Å². The smallest absolute Gasteiger partial charge is 0.261 e. The zero-order chi connectivity index (χ0) is 26.1. The van der Waals surface area contributed by atoms with Crippen molar-refractivity contribution in [3.63, 3.8) is 0 Å². The van der Waals surface area contributed by atoms with Crippen LogP contribution in [-0.2, 0) is 10.3 Å². The SMILES string of the molecule is COc1ccccc1-n1cc2c(c1C(C)C)C1(C(=O)NC3=CC(Cl)CC=C31)N(c1cccc(Cl)c1)C2=O. The summed E-state index contributed by atoms with van der Waals surface area (Å²) in [5.41, 5.74) is 3.35. The minimum Gasteiger partial charge on any atom is -0.495 e. The van der Waals surface area contributed by atoms with Crippen LogP contribution in [0.15, 0.2) is 78.1 Å². The lowest BCUT2D eigenvalue weighted by Gasteiger charge is -2.36. The zero-order valence-electron chi connectivity index (χ0n) is 20.6. The van der Waals surface area contributed by atoms with Gasteiger partial charge in [-0.15, -0.1) is 11.6 Å². The summed E-state index contributed by atoms with van der Waals surface area (Å²) in [6.45, 7) is 4.13. The fourth-order valence-electron chi connectivity index (χ4n) is 5.91. The van der Waals surface area contributed by atoms with Crippen LogP contribution < -0.4 is 15.0 Å². The summed E-state index contributed by atoms with van der Waals surface area (Å²) in [4.78, 5) is 30.1. The van der Waals surface area contributed by atoms with E-state index in [1.165, 1.54) is 0 Å². The van der Waals surface area contributed by atoms with Crippen LogP contribution in [0, 0.1) is 0 Å². The molecule has 2 aromatic carbocycles. The maximum Gasteiger partial charge on any atom is 0.261 e. The molecule has 1 fully saturated rings. The van der Waals surface area contributed by atoms with Gasteiger partial charge in [0.15, 0.2) is 5.54 Å². The van der Waals surface area contributed by atoms with E-state index in [2.05, 4.69) is 19.2 Å². The van der Waals surface area contributed by atoms with Gasteiger partial charge in [0.2, 0.25) is 0 Å². The number of alkyl halides is 1. The van der Waals surface area contributed by atoms with E-state index < -0.39 is 5.54 Å². The van der Waals surface area contributed by atoms with E-state index in [1.807, 2.05) is 53.2 Å². The lowest BCUT2D eigenvalue weighted by Crippen LogP contribution is -2.51. The molecule has 6 nitrogen and oxygen atoms in total. The van der Waals surface area contributed by atoms with Crippen LogP contribution in [0.3, 0.4) is 0 Å². The van der Waals surface area contributed by atoms with Crippen LogP contribution >= 0.6 is 23.2 Å². The topological polar surface area (TPSA) is 63.6 Å². The van der Waals surface area contributed by atoms with Gasteiger partial charge in [0.05, 0.1) is 23.7 Å². The van der Waals surface area contributed by atoms with Crippen molar-refractivity contribution in [2.45, 2.75) is 37.1 Å². The number of aromatic nitrogens is 1. The van der Waals surface area contributed by atoms with Crippen molar-refractivity contribution >= 4 is 40.7 Å². The quantitative estimate of drug-likeness (QED) is 0.414. The third-order valence-corrected chi connectivity index (χ3v) is 7.82. The number of nitrogens with one attached hydrogen (secondary N) is 1. The molecule has 3 aromatic rings. The molecule has 188 valence electrons. The maximum absolute atomic E-state index is 14.3. The molecule has 2 aliphatic heterocycles. The van der Waals surface area contributed by atoms with E-state index in [-0.39, 0.29) is 23.1 Å². The Labute approximate surface area is 225 Å². The second kappa shape index (κ2) is 8.54. The highest BCUT2D eigenvalue weighted by atomic mass is 35.5.